The van der Waals surface area contributed by atoms with E-state index in [0.717, 1.165) is 17.7 Å². The smallest absolute Gasteiger partial charge is 0.238 e. The zero-order chi connectivity index (χ0) is 18.9. The third-order valence-electron chi connectivity index (χ3n) is 6.28. The van der Waals surface area contributed by atoms with Crippen LogP contribution in [0.2, 0.25) is 0 Å². The van der Waals surface area contributed by atoms with Crippen molar-refractivity contribution in [1.29, 1.82) is 0 Å². The van der Waals surface area contributed by atoms with Crippen LogP contribution in [0.3, 0.4) is 0 Å². The lowest BCUT2D eigenvalue weighted by Gasteiger charge is -2.18. The van der Waals surface area contributed by atoms with Crippen LogP contribution in [0.4, 0.5) is 10.1 Å². The van der Waals surface area contributed by atoms with E-state index in [4.69, 9.17) is 0 Å². The van der Waals surface area contributed by atoms with E-state index < -0.39 is 0 Å². The summed E-state index contributed by atoms with van der Waals surface area (Å²) < 4.78 is 14.9. The number of imide groups is 1. The Balaban J connectivity index is 1.49. The first kappa shape index (κ1) is 16.4. The van der Waals surface area contributed by atoms with Crippen LogP contribution >= 0.6 is 0 Å². The molecule has 2 aliphatic carbocycles. The predicted molar refractivity (Wildman–Crippen MR) is 97.4 cm³/mol. The van der Waals surface area contributed by atoms with Gasteiger partial charge in [0.1, 0.15) is 5.82 Å². The molecule has 5 rings (SSSR count). The number of carbonyl (C=O) groups is 2. The maximum Gasteiger partial charge on any atom is 0.238 e. The van der Waals surface area contributed by atoms with Crippen molar-refractivity contribution in [2.45, 2.75) is 26.8 Å². The topological polar surface area (TPSA) is 55.2 Å². The maximum absolute atomic E-state index is 13.1. The highest BCUT2D eigenvalue weighted by molar-refractivity contribution is 6.23. The van der Waals surface area contributed by atoms with E-state index in [-0.39, 0.29) is 41.3 Å². The van der Waals surface area contributed by atoms with Gasteiger partial charge in [0.25, 0.3) is 0 Å². The molecule has 1 saturated heterocycles. The lowest BCUT2D eigenvalue weighted by molar-refractivity contribution is -0.123. The standard InChI is InChI=1S/C21H20FN3O2/c1-11-19(12(2)24(23-11)10-13-3-7-16(22)8-4-13)25-20(26)17-14-5-6-15(9-14)18(17)21(25)27/h3-8,14-15,17-18H,9-10H2,1-2H3/t14-,15+,17-,18-/m0/s1. The van der Waals surface area contributed by atoms with Crippen LogP contribution in [-0.2, 0) is 16.1 Å². The van der Waals surface area contributed by atoms with Crippen molar-refractivity contribution in [2.24, 2.45) is 23.7 Å². The fourth-order valence-corrected chi connectivity index (χ4v) is 5.05. The van der Waals surface area contributed by atoms with Crippen LogP contribution in [0.25, 0.3) is 0 Å². The number of hydrogen-bond donors (Lipinski definition) is 0. The van der Waals surface area contributed by atoms with Gasteiger partial charge in [-0.15, -0.1) is 0 Å². The molecule has 1 aromatic heterocycles. The van der Waals surface area contributed by atoms with Crippen molar-refractivity contribution in [2.75, 3.05) is 4.90 Å². The van der Waals surface area contributed by atoms with Crippen LogP contribution in [0.1, 0.15) is 23.4 Å². The molecule has 1 saturated carbocycles. The minimum absolute atomic E-state index is 0.0885. The van der Waals surface area contributed by atoms with Gasteiger partial charge in [-0.3, -0.25) is 14.3 Å². The lowest BCUT2D eigenvalue weighted by atomic mass is 9.85. The van der Waals surface area contributed by atoms with Crippen LogP contribution in [0, 0.1) is 43.3 Å². The summed E-state index contributed by atoms with van der Waals surface area (Å²) in [6.07, 6.45) is 5.11. The Morgan fingerprint density at radius 1 is 1.04 bits per heavy atom. The molecule has 4 atom stereocenters. The molecule has 3 aliphatic rings. The van der Waals surface area contributed by atoms with Crippen molar-refractivity contribution in [3.05, 3.63) is 59.2 Å². The number of amides is 2. The number of halogens is 1. The molecule has 1 aromatic carbocycles. The molecule has 2 fully saturated rings. The van der Waals surface area contributed by atoms with Crippen molar-refractivity contribution in [3.63, 3.8) is 0 Å². The molecule has 2 amide bonds. The van der Waals surface area contributed by atoms with Crippen molar-refractivity contribution >= 4 is 17.5 Å². The number of aromatic nitrogens is 2. The highest BCUT2D eigenvalue weighted by atomic mass is 19.1. The normalized spacial score (nSPS) is 28.5. The van der Waals surface area contributed by atoms with Crippen LogP contribution in [0.5, 0.6) is 0 Å². The predicted octanol–water partition coefficient (Wildman–Crippen LogP) is 3.00. The molecule has 138 valence electrons. The first-order valence-corrected chi connectivity index (χ1v) is 9.30. The molecule has 0 spiro atoms. The number of hydrogen-bond acceptors (Lipinski definition) is 3. The third-order valence-corrected chi connectivity index (χ3v) is 6.28. The van der Waals surface area contributed by atoms with E-state index >= 15 is 0 Å². The van der Waals surface area contributed by atoms with E-state index in [0.29, 0.717) is 17.9 Å². The SMILES string of the molecule is Cc1nn(Cc2ccc(F)cc2)c(C)c1N1C(=O)[C@@H]2[C@@H](C1=O)[C@H]1C=C[C@@H]2C1. The molecular weight excluding hydrogens is 345 g/mol. The first-order valence-electron chi connectivity index (χ1n) is 9.30. The molecular formula is C21H20FN3O2. The molecule has 5 nitrogen and oxygen atoms in total. The van der Waals surface area contributed by atoms with Gasteiger partial charge in [-0.1, -0.05) is 24.3 Å². The van der Waals surface area contributed by atoms with Gasteiger partial charge < -0.3 is 0 Å². The number of nitrogens with zero attached hydrogens (tertiary/aromatic N) is 3. The summed E-state index contributed by atoms with van der Waals surface area (Å²) in [5.74, 6) is -0.509. The number of fused-ring (bicyclic) bond motifs is 5. The average molecular weight is 365 g/mol. The van der Waals surface area contributed by atoms with Gasteiger partial charge in [0.05, 0.1) is 35.5 Å². The Hall–Kier alpha value is -2.76. The number of benzene rings is 1. The van der Waals surface area contributed by atoms with E-state index in [1.165, 1.54) is 17.0 Å². The van der Waals surface area contributed by atoms with Gasteiger partial charge in [0.15, 0.2) is 0 Å². The Labute approximate surface area is 156 Å². The largest absolute Gasteiger partial charge is 0.274 e. The Morgan fingerprint density at radius 3 is 2.22 bits per heavy atom. The minimum Gasteiger partial charge on any atom is -0.274 e. The minimum atomic E-state index is -0.282. The molecule has 2 bridgehead atoms. The van der Waals surface area contributed by atoms with Crippen LogP contribution < -0.4 is 4.90 Å². The fraction of sp³-hybridized carbons (Fsp3) is 0.381. The number of carbonyl (C=O) groups excluding carboxylic acids is 2. The number of aryl methyl sites for hydroxylation is 1. The summed E-state index contributed by atoms with van der Waals surface area (Å²) in [5, 5.41) is 4.55. The monoisotopic (exact) mass is 365 g/mol. The van der Waals surface area contributed by atoms with Gasteiger partial charge in [-0.05, 0) is 49.8 Å². The Bertz CT molecular complexity index is 962. The second kappa shape index (κ2) is 5.62. The van der Waals surface area contributed by atoms with E-state index in [1.807, 2.05) is 13.8 Å². The summed E-state index contributed by atoms with van der Waals surface area (Å²) in [5.41, 5.74) is 2.96. The summed E-state index contributed by atoms with van der Waals surface area (Å²) in [7, 11) is 0. The maximum atomic E-state index is 13.1. The van der Waals surface area contributed by atoms with E-state index in [2.05, 4.69) is 17.3 Å². The summed E-state index contributed by atoms with van der Waals surface area (Å²) in [6.45, 7) is 4.16. The molecule has 0 unspecified atom stereocenters. The molecule has 0 radical (unpaired) electrons. The van der Waals surface area contributed by atoms with Crippen LogP contribution in [0.15, 0.2) is 36.4 Å². The lowest BCUT2D eigenvalue weighted by Crippen LogP contribution is -2.33. The quantitative estimate of drug-likeness (QED) is 0.621. The van der Waals surface area contributed by atoms with Gasteiger partial charge in [-0.25, -0.2) is 9.29 Å². The summed E-state index contributed by atoms with van der Waals surface area (Å²) in [4.78, 5) is 27.6. The third kappa shape index (κ3) is 2.25. The van der Waals surface area contributed by atoms with Crippen molar-refractivity contribution in [1.82, 2.24) is 9.78 Å². The van der Waals surface area contributed by atoms with Gasteiger partial charge in [0, 0.05) is 0 Å². The zero-order valence-corrected chi connectivity index (χ0v) is 15.2. The number of allylic oxidation sites excluding steroid dienone is 2. The molecule has 0 N–H and O–H groups in total. The number of rotatable bonds is 3. The molecule has 2 heterocycles. The summed E-state index contributed by atoms with van der Waals surface area (Å²) >= 11 is 0. The van der Waals surface area contributed by atoms with Crippen molar-refractivity contribution < 1.29 is 14.0 Å². The molecule has 6 heteroatoms. The van der Waals surface area contributed by atoms with Gasteiger partial charge in [-0.2, -0.15) is 5.10 Å². The second-order valence-electron chi connectivity index (χ2n) is 7.82. The highest BCUT2D eigenvalue weighted by Crippen LogP contribution is 2.53. The average Bonchev–Trinajstić information content (AvgIpc) is 3.37. The van der Waals surface area contributed by atoms with Crippen LogP contribution in [-0.4, -0.2) is 21.6 Å². The zero-order valence-electron chi connectivity index (χ0n) is 15.2. The summed E-state index contributed by atoms with van der Waals surface area (Å²) in [6, 6.07) is 6.26. The second-order valence-corrected chi connectivity index (χ2v) is 7.82. The van der Waals surface area contributed by atoms with Gasteiger partial charge >= 0.3 is 0 Å². The Morgan fingerprint density at radius 2 is 1.63 bits per heavy atom. The van der Waals surface area contributed by atoms with Crippen molar-refractivity contribution in [3.8, 4) is 0 Å². The van der Waals surface area contributed by atoms with Gasteiger partial charge in [0.2, 0.25) is 11.8 Å². The first-order chi connectivity index (χ1) is 13.0. The van der Waals surface area contributed by atoms with E-state index in [9.17, 15) is 14.0 Å². The molecule has 1 aliphatic heterocycles. The molecule has 2 aromatic rings. The fourth-order valence-electron chi connectivity index (χ4n) is 5.05. The highest BCUT2D eigenvalue weighted by Gasteiger charge is 2.60. The Kier molecular flexibility index (Phi) is 3.41. The molecule has 27 heavy (non-hydrogen) atoms. The van der Waals surface area contributed by atoms with E-state index in [1.54, 1.807) is 16.8 Å². The number of anilines is 1.